The number of carbonyl (C=O) groups is 1. The zero-order valence-corrected chi connectivity index (χ0v) is 13.5. The zero-order valence-electron chi connectivity index (χ0n) is 13.5. The molecule has 0 spiro atoms. The molecule has 1 aliphatic rings. The number of azo groups is 1. The monoisotopic (exact) mass is 362 g/mol. The van der Waals surface area contributed by atoms with E-state index in [0.717, 1.165) is 12.1 Å². The van der Waals surface area contributed by atoms with Crippen LogP contribution >= 0.6 is 0 Å². The van der Waals surface area contributed by atoms with E-state index in [1.54, 1.807) is 19.1 Å². The maximum Gasteiger partial charge on any atom is 0.417 e. The molecule has 3 rings (SSSR count). The second-order valence-corrected chi connectivity index (χ2v) is 6.05. The molecule has 2 aromatic rings. The molecular weight excluding hydrogens is 349 g/mol. The molecule has 6 nitrogen and oxygen atoms in total. The molecule has 1 aliphatic heterocycles. The van der Waals surface area contributed by atoms with Gasteiger partial charge in [-0.15, -0.1) is 0 Å². The molecule has 0 saturated heterocycles. The number of nitriles is 1. The van der Waals surface area contributed by atoms with Gasteiger partial charge in [-0.25, -0.2) is 0 Å². The third-order valence-corrected chi connectivity index (χ3v) is 4.07. The predicted octanol–water partition coefficient (Wildman–Crippen LogP) is 4.46. The second-order valence-electron chi connectivity index (χ2n) is 6.05. The number of halogens is 3. The van der Waals surface area contributed by atoms with Gasteiger partial charge in [0.2, 0.25) is 0 Å². The lowest BCUT2D eigenvalue weighted by Crippen LogP contribution is -2.37. The van der Waals surface area contributed by atoms with E-state index < -0.39 is 34.8 Å². The highest BCUT2D eigenvalue weighted by molar-refractivity contribution is 5.98. The molecule has 2 heterocycles. The number of furan rings is 1. The SMILES string of the molecule is CC1(C(=O)Nc2ccc(C#N)c(C(F)(F)F)c2)CC(c2ccco2)N=N1. The van der Waals surface area contributed by atoms with Gasteiger partial charge in [-0.3, -0.25) is 4.79 Å². The molecule has 0 aliphatic carbocycles. The van der Waals surface area contributed by atoms with Crippen LogP contribution in [0.25, 0.3) is 0 Å². The van der Waals surface area contributed by atoms with Crippen LogP contribution in [0.5, 0.6) is 0 Å². The standard InChI is InChI=1S/C17H13F3N4O2/c1-16(8-13(23-24-16)14-3-2-6-26-14)15(25)22-11-5-4-10(9-21)12(7-11)17(18,19)20/h2-7,13H,8H2,1H3,(H,22,25). The number of anilines is 1. The van der Waals surface area contributed by atoms with Crippen molar-refractivity contribution in [3.8, 4) is 6.07 Å². The highest BCUT2D eigenvalue weighted by Gasteiger charge is 2.42. The van der Waals surface area contributed by atoms with E-state index in [1.165, 1.54) is 18.4 Å². The van der Waals surface area contributed by atoms with Gasteiger partial charge in [0.25, 0.3) is 5.91 Å². The molecule has 0 bridgehead atoms. The summed E-state index contributed by atoms with van der Waals surface area (Å²) in [5.41, 5.74) is -2.92. The van der Waals surface area contributed by atoms with E-state index in [1.807, 2.05) is 0 Å². The Hall–Kier alpha value is -3.15. The van der Waals surface area contributed by atoms with E-state index in [9.17, 15) is 18.0 Å². The Morgan fingerprint density at radius 3 is 2.81 bits per heavy atom. The van der Waals surface area contributed by atoms with Gasteiger partial charge < -0.3 is 9.73 Å². The van der Waals surface area contributed by atoms with Gasteiger partial charge in [-0.1, -0.05) is 0 Å². The summed E-state index contributed by atoms with van der Waals surface area (Å²) < 4.78 is 44.3. The third kappa shape index (κ3) is 3.31. The Morgan fingerprint density at radius 2 is 2.19 bits per heavy atom. The maximum absolute atomic E-state index is 13.0. The minimum atomic E-state index is -4.70. The van der Waals surface area contributed by atoms with E-state index in [-0.39, 0.29) is 12.1 Å². The van der Waals surface area contributed by atoms with Crippen molar-refractivity contribution in [3.63, 3.8) is 0 Å². The van der Waals surface area contributed by atoms with Crippen LogP contribution in [0.4, 0.5) is 18.9 Å². The normalized spacial score (nSPS) is 22.2. The average molecular weight is 362 g/mol. The van der Waals surface area contributed by atoms with Crippen molar-refractivity contribution < 1.29 is 22.4 Å². The summed E-state index contributed by atoms with van der Waals surface area (Å²) in [4.78, 5) is 12.5. The number of rotatable bonds is 3. The van der Waals surface area contributed by atoms with Crippen molar-refractivity contribution in [2.24, 2.45) is 10.2 Å². The highest BCUT2D eigenvalue weighted by atomic mass is 19.4. The smallest absolute Gasteiger partial charge is 0.417 e. The maximum atomic E-state index is 13.0. The minimum absolute atomic E-state index is 0.0702. The third-order valence-electron chi connectivity index (χ3n) is 4.07. The molecular formula is C17H13F3N4O2. The number of amides is 1. The fraction of sp³-hybridized carbons (Fsp3) is 0.294. The first-order chi connectivity index (χ1) is 12.2. The molecule has 0 radical (unpaired) electrons. The molecule has 9 heteroatoms. The van der Waals surface area contributed by atoms with Crippen molar-refractivity contribution in [2.45, 2.75) is 31.1 Å². The molecule has 2 atom stereocenters. The van der Waals surface area contributed by atoms with Gasteiger partial charge in [-0.2, -0.15) is 28.7 Å². The highest BCUT2D eigenvalue weighted by Crippen LogP contribution is 2.38. The lowest BCUT2D eigenvalue weighted by molar-refractivity contribution is -0.137. The number of carbonyl (C=O) groups excluding carboxylic acids is 1. The number of nitrogens with zero attached hydrogens (tertiary/aromatic N) is 3. The topological polar surface area (TPSA) is 90.8 Å². The zero-order chi connectivity index (χ0) is 18.9. The number of hydrogen-bond donors (Lipinski definition) is 1. The summed E-state index contributed by atoms with van der Waals surface area (Å²) in [5.74, 6) is -0.0313. The average Bonchev–Trinajstić information content (AvgIpc) is 3.24. The van der Waals surface area contributed by atoms with Crippen LogP contribution < -0.4 is 5.32 Å². The number of benzene rings is 1. The van der Waals surface area contributed by atoms with Crippen LogP contribution in [0, 0.1) is 11.3 Å². The first kappa shape index (κ1) is 17.7. The summed E-state index contributed by atoms with van der Waals surface area (Å²) >= 11 is 0. The first-order valence-corrected chi connectivity index (χ1v) is 7.61. The Bertz CT molecular complexity index is 900. The molecule has 1 N–H and O–H groups in total. The van der Waals surface area contributed by atoms with Crippen molar-refractivity contribution in [1.29, 1.82) is 5.26 Å². The fourth-order valence-electron chi connectivity index (χ4n) is 2.65. The lowest BCUT2D eigenvalue weighted by Gasteiger charge is -2.19. The largest absolute Gasteiger partial charge is 0.467 e. The van der Waals surface area contributed by atoms with Crippen LogP contribution in [0.1, 0.15) is 36.3 Å². The van der Waals surface area contributed by atoms with Gasteiger partial charge >= 0.3 is 6.18 Å². The van der Waals surface area contributed by atoms with Crippen molar-refractivity contribution in [1.82, 2.24) is 0 Å². The molecule has 1 aromatic heterocycles. The Labute approximate surface area is 146 Å². The van der Waals surface area contributed by atoms with Gasteiger partial charge in [0, 0.05) is 12.1 Å². The number of hydrogen-bond acceptors (Lipinski definition) is 5. The number of nitrogens with one attached hydrogen (secondary N) is 1. The van der Waals surface area contributed by atoms with E-state index in [4.69, 9.17) is 9.68 Å². The van der Waals surface area contributed by atoms with Crippen LogP contribution in [-0.4, -0.2) is 11.4 Å². The molecule has 2 unspecified atom stereocenters. The van der Waals surface area contributed by atoms with Gasteiger partial charge in [0.1, 0.15) is 11.8 Å². The molecule has 134 valence electrons. The second kappa shape index (κ2) is 6.29. The Morgan fingerprint density at radius 1 is 1.42 bits per heavy atom. The minimum Gasteiger partial charge on any atom is -0.467 e. The van der Waals surface area contributed by atoms with E-state index >= 15 is 0 Å². The van der Waals surface area contributed by atoms with Crippen LogP contribution in [0.2, 0.25) is 0 Å². The predicted molar refractivity (Wildman–Crippen MR) is 84.1 cm³/mol. The van der Waals surface area contributed by atoms with E-state index in [0.29, 0.717) is 5.76 Å². The summed E-state index contributed by atoms with van der Waals surface area (Å²) in [7, 11) is 0. The number of alkyl halides is 3. The van der Waals surface area contributed by atoms with Crippen molar-refractivity contribution in [2.75, 3.05) is 5.32 Å². The molecule has 1 aromatic carbocycles. The Balaban J connectivity index is 1.78. The lowest BCUT2D eigenvalue weighted by atomic mass is 9.93. The van der Waals surface area contributed by atoms with Gasteiger partial charge in [0.15, 0.2) is 5.54 Å². The molecule has 26 heavy (non-hydrogen) atoms. The van der Waals surface area contributed by atoms with Crippen LogP contribution in [0.15, 0.2) is 51.2 Å². The van der Waals surface area contributed by atoms with Gasteiger partial charge in [0.05, 0.1) is 23.5 Å². The van der Waals surface area contributed by atoms with E-state index in [2.05, 4.69) is 15.5 Å². The summed E-state index contributed by atoms with van der Waals surface area (Å²) in [6.45, 7) is 1.54. The van der Waals surface area contributed by atoms with Crippen LogP contribution in [0.3, 0.4) is 0 Å². The molecule has 0 fully saturated rings. The molecule has 0 saturated carbocycles. The van der Waals surface area contributed by atoms with Crippen LogP contribution in [-0.2, 0) is 11.0 Å². The quantitative estimate of drug-likeness (QED) is 0.874. The van der Waals surface area contributed by atoms with Crippen molar-refractivity contribution in [3.05, 3.63) is 53.5 Å². The van der Waals surface area contributed by atoms with Crippen molar-refractivity contribution >= 4 is 11.6 Å². The Kier molecular flexibility index (Phi) is 4.28. The summed E-state index contributed by atoms with van der Waals surface area (Å²) in [6.07, 6.45) is -2.99. The molecule has 1 amide bonds. The fourth-order valence-corrected chi connectivity index (χ4v) is 2.65. The summed E-state index contributed by atoms with van der Waals surface area (Å²) in [5, 5.41) is 19.2. The first-order valence-electron chi connectivity index (χ1n) is 7.61. The summed E-state index contributed by atoms with van der Waals surface area (Å²) in [6, 6.07) is 7.46. The van der Waals surface area contributed by atoms with Gasteiger partial charge in [-0.05, 0) is 37.3 Å².